The number of carbonyl (C=O) groups is 1. The maximum absolute atomic E-state index is 12.3. The summed E-state index contributed by atoms with van der Waals surface area (Å²) in [5.74, 6) is 0.447. The molecule has 0 radical (unpaired) electrons. The number of hydrogen-bond acceptors (Lipinski definition) is 3. The van der Waals surface area contributed by atoms with Gasteiger partial charge in [-0.2, -0.15) is 5.10 Å². The largest absolute Gasteiger partial charge is 0.497 e. The van der Waals surface area contributed by atoms with Gasteiger partial charge >= 0.3 is 0 Å². The summed E-state index contributed by atoms with van der Waals surface area (Å²) in [4.78, 5) is 12.3. The number of halogens is 2. The fourth-order valence-corrected chi connectivity index (χ4v) is 3.00. The van der Waals surface area contributed by atoms with E-state index in [9.17, 15) is 4.79 Å². The van der Waals surface area contributed by atoms with Crippen LogP contribution in [0.25, 0.3) is 5.69 Å². The van der Waals surface area contributed by atoms with Crippen LogP contribution in [0.1, 0.15) is 10.5 Å². The maximum atomic E-state index is 12.3. The highest BCUT2D eigenvalue weighted by atomic mass is 127. The van der Waals surface area contributed by atoms with E-state index in [1.165, 1.54) is 0 Å². The molecule has 1 N–H and O–H groups in total. The molecule has 1 heterocycles. The minimum Gasteiger partial charge on any atom is -0.497 e. The molecule has 3 rings (SSSR count). The van der Waals surface area contributed by atoms with Crippen LogP contribution in [0.3, 0.4) is 0 Å². The Morgan fingerprint density at radius 2 is 1.96 bits per heavy atom. The quantitative estimate of drug-likeness (QED) is 0.596. The molecule has 3 aromatic rings. The summed E-state index contributed by atoms with van der Waals surface area (Å²) >= 11 is 8.29. The van der Waals surface area contributed by atoms with Crippen LogP contribution in [0.5, 0.6) is 5.75 Å². The van der Waals surface area contributed by atoms with Gasteiger partial charge in [0, 0.05) is 9.77 Å². The van der Waals surface area contributed by atoms with Crippen molar-refractivity contribution in [1.82, 2.24) is 9.78 Å². The topological polar surface area (TPSA) is 56.1 Å². The van der Waals surface area contributed by atoms with E-state index in [1.807, 2.05) is 30.3 Å². The van der Waals surface area contributed by atoms with Crippen molar-refractivity contribution in [1.29, 1.82) is 0 Å². The minimum atomic E-state index is -0.314. The van der Waals surface area contributed by atoms with Crippen LogP contribution < -0.4 is 10.1 Å². The van der Waals surface area contributed by atoms with E-state index < -0.39 is 0 Å². The fourth-order valence-electron chi connectivity index (χ4n) is 2.10. The molecule has 0 saturated carbocycles. The number of nitrogens with zero attached hydrogens (tertiary/aromatic N) is 2. The standard InChI is InChI=1S/C17H13ClIN3O2/c1-24-13-5-3-12(4-6-13)22-9-8-16(21-22)17(23)20-15-7-2-11(19)10-14(15)18/h2-10H,1H3,(H,20,23). The predicted molar refractivity (Wildman–Crippen MR) is 102 cm³/mol. The van der Waals surface area contributed by atoms with Crippen LogP contribution >= 0.6 is 34.2 Å². The van der Waals surface area contributed by atoms with Gasteiger partial charge in [-0.05, 0) is 71.1 Å². The Morgan fingerprint density at radius 1 is 1.21 bits per heavy atom. The lowest BCUT2D eigenvalue weighted by Gasteiger charge is -2.06. The Bertz CT molecular complexity index is 878. The zero-order chi connectivity index (χ0) is 17.1. The summed E-state index contributed by atoms with van der Waals surface area (Å²) in [6.45, 7) is 0. The monoisotopic (exact) mass is 453 g/mol. The van der Waals surface area contributed by atoms with Crippen LogP contribution in [0.2, 0.25) is 5.02 Å². The second-order valence-corrected chi connectivity index (χ2v) is 6.57. The highest BCUT2D eigenvalue weighted by Gasteiger charge is 2.12. The summed E-state index contributed by atoms with van der Waals surface area (Å²) < 4.78 is 7.76. The lowest BCUT2D eigenvalue weighted by molar-refractivity contribution is 0.102. The molecule has 2 aromatic carbocycles. The first-order valence-corrected chi connectivity index (χ1v) is 8.49. The number of carbonyl (C=O) groups excluding carboxylic acids is 1. The summed E-state index contributed by atoms with van der Waals surface area (Å²) in [7, 11) is 1.61. The molecule has 122 valence electrons. The Balaban J connectivity index is 1.77. The van der Waals surface area contributed by atoms with Crippen LogP contribution in [-0.4, -0.2) is 22.8 Å². The Morgan fingerprint density at radius 3 is 2.62 bits per heavy atom. The van der Waals surface area contributed by atoms with Crippen molar-refractivity contribution in [2.24, 2.45) is 0 Å². The third-order valence-corrected chi connectivity index (χ3v) is 4.32. The molecule has 1 aromatic heterocycles. The average molecular weight is 454 g/mol. The molecular formula is C17H13ClIN3O2. The molecule has 0 saturated heterocycles. The van der Waals surface area contributed by atoms with Crippen LogP contribution in [0.15, 0.2) is 54.7 Å². The second-order valence-electron chi connectivity index (χ2n) is 4.92. The lowest BCUT2D eigenvalue weighted by Crippen LogP contribution is -2.13. The summed E-state index contributed by atoms with van der Waals surface area (Å²) in [6, 6.07) is 14.5. The molecule has 0 fully saturated rings. The van der Waals surface area contributed by atoms with Crippen molar-refractivity contribution in [2.75, 3.05) is 12.4 Å². The van der Waals surface area contributed by atoms with Crippen LogP contribution in [-0.2, 0) is 0 Å². The zero-order valence-corrected chi connectivity index (χ0v) is 15.6. The number of hydrogen-bond donors (Lipinski definition) is 1. The molecule has 0 atom stereocenters. The SMILES string of the molecule is COc1ccc(-n2ccc(C(=O)Nc3ccc(I)cc3Cl)n2)cc1. The van der Waals surface area contributed by atoms with Crippen molar-refractivity contribution in [3.05, 3.63) is 69.0 Å². The van der Waals surface area contributed by atoms with Crippen molar-refractivity contribution < 1.29 is 9.53 Å². The first kappa shape index (κ1) is 16.8. The van der Waals surface area contributed by atoms with Crippen molar-refractivity contribution in [3.63, 3.8) is 0 Å². The molecule has 0 spiro atoms. The van der Waals surface area contributed by atoms with Gasteiger partial charge in [0.1, 0.15) is 5.75 Å². The van der Waals surface area contributed by atoms with Crippen molar-refractivity contribution in [3.8, 4) is 11.4 Å². The first-order chi connectivity index (χ1) is 11.6. The average Bonchev–Trinajstić information content (AvgIpc) is 3.07. The number of rotatable bonds is 4. The van der Waals surface area contributed by atoms with E-state index in [0.717, 1.165) is 15.0 Å². The Hall–Kier alpha value is -2.06. The highest BCUT2D eigenvalue weighted by Crippen LogP contribution is 2.24. The number of amides is 1. The van der Waals surface area contributed by atoms with Gasteiger partial charge in [0.05, 0.1) is 23.5 Å². The van der Waals surface area contributed by atoms with Crippen LogP contribution in [0.4, 0.5) is 5.69 Å². The molecule has 7 heteroatoms. The lowest BCUT2D eigenvalue weighted by atomic mass is 10.3. The van der Waals surface area contributed by atoms with E-state index in [1.54, 1.807) is 36.2 Å². The second kappa shape index (κ2) is 7.23. The number of anilines is 1. The molecule has 0 bridgehead atoms. The van der Waals surface area contributed by atoms with E-state index >= 15 is 0 Å². The number of nitrogens with one attached hydrogen (secondary N) is 1. The Labute approximate surface area is 157 Å². The molecule has 5 nitrogen and oxygen atoms in total. The first-order valence-electron chi connectivity index (χ1n) is 7.03. The molecule has 0 aliphatic heterocycles. The van der Waals surface area contributed by atoms with Gasteiger partial charge in [0.15, 0.2) is 5.69 Å². The highest BCUT2D eigenvalue weighted by molar-refractivity contribution is 14.1. The van der Waals surface area contributed by atoms with E-state index in [4.69, 9.17) is 16.3 Å². The number of ether oxygens (including phenoxy) is 1. The summed E-state index contributed by atoms with van der Waals surface area (Å²) in [5, 5.41) is 7.56. The van der Waals surface area contributed by atoms with Gasteiger partial charge in [-0.25, -0.2) is 4.68 Å². The van der Waals surface area contributed by atoms with E-state index in [-0.39, 0.29) is 5.91 Å². The van der Waals surface area contributed by atoms with E-state index in [0.29, 0.717) is 16.4 Å². The number of aromatic nitrogens is 2. The van der Waals surface area contributed by atoms with Crippen molar-refractivity contribution >= 4 is 45.8 Å². The van der Waals surface area contributed by atoms with Gasteiger partial charge in [-0.3, -0.25) is 4.79 Å². The van der Waals surface area contributed by atoms with Gasteiger partial charge in [-0.15, -0.1) is 0 Å². The molecule has 24 heavy (non-hydrogen) atoms. The molecule has 1 amide bonds. The maximum Gasteiger partial charge on any atom is 0.276 e. The summed E-state index contributed by atoms with van der Waals surface area (Å²) in [5.41, 5.74) is 1.70. The number of benzene rings is 2. The third kappa shape index (κ3) is 3.70. The predicted octanol–water partition coefficient (Wildman–Crippen LogP) is 4.39. The molecule has 0 aliphatic rings. The fraction of sp³-hybridized carbons (Fsp3) is 0.0588. The Kier molecular flexibility index (Phi) is 5.06. The third-order valence-electron chi connectivity index (χ3n) is 3.34. The smallest absolute Gasteiger partial charge is 0.276 e. The van der Waals surface area contributed by atoms with Crippen LogP contribution in [0, 0.1) is 3.57 Å². The van der Waals surface area contributed by atoms with Crippen molar-refractivity contribution in [2.45, 2.75) is 0 Å². The minimum absolute atomic E-state index is 0.306. The molecular weight excluding hydrogens is 441 g/mol. The number of methoxy groups -OCH3 is 1. The van der Waals surface area contributed by atoms with E-state index in [2.05, 4.69) is 33.0 Å². The molecule has 0 aliphatic carbocycles. The van der Waals surface area contributed by atoms with Gasteiger partial charge in [0.2, 0.25) is 0 Å². The molecule has 0 unspecified atom stereocenters. The van der Waals surface area contributed by atoms with Gasteiger partial charge in [0.25, 0.3) is 5.91 Å². The zero-order valence-electron chi connectivity index (χ0n) is 12.7. The van der Waals surface area contributed by atoms with Gasteiger partial charge < -0.3 is 10.1 Å². The normalized spacial score (nSPS) is 10.5. The van der Waals surface area contributed by atoms with Gasteiger partial charge in [-0.1, -0.05) is 11.6 Å². The summed E-state index contributed by atoms with van der Waals surface area (Å²) in [6.07, 6.45) is 1.73.